The highest BCUT2D eigenvalue weighted by Crippen LogP contribution is 2.09. The average Bonchev–Trinajstić information content (AvgIpc) is 2.69. The minimum atomic E-state index is -1.18. The van der Waals surface area contributed by atoms with E-state index in [2.05, 4.69) is 16.0 Å². The Kier molecular flexibility index (Phi) is 10.7. The van der Waals surface area contributed by atoms with Crippen LogP contribution < -0.4 is 21.7 Å². The van der Waals surface area contributed by atoms with Gasteiger partial charge in [0.05, 0.1) is 6.04 Å². The van der Waals surface area contributed by atoms with Gasteiger partial charge in [-0.05, 0) is 30.2 Å². The molecule has 0 spiro atoms. The molecule has 1 aromatic rings. The summed E-state index contributed by atoms with van der Waals surface area (Å²) in [4.78, 5) is 48.5. The summed E-state index contributed by atoms with van der Waals surface area (Å²) in [5.41, 5.74) is 6.94. The molecule has 6 N–H and O–H groups in total. The van der Waals surface area contributed by atoms with E-state index in [1.807, 2.05) is 44.2 Å². The van der Waals surface area contributed by atoms with Gasteiger partial charge in [-0.2, -0.15) is 0 Å². The lowest BCUT2D eigenvalue weighted by molar-refractivity contribution is -0.139. The van der Waals surface area contributed by atoms with Crippen molar-refractivity contribution in [1.29, 1.82) is 0 Å². The lowest BCUT2D eigenvalue weighted by Crippen LogP contribution is -2.57. The summed E-state index contributed by atoms with van der Waals surface area (Å²) in [5.74, 6) is -2.94. The Morgan fingerprint density at radius 2 is 1.55 bits per heavy atom. The number of rotatable bonds is 12. The Hall–Kier alpha value is -2.94. The smallest absolute Gasteiger partial charge is 0.322 e. The largest absolute Gasteiger partial charge is 0.480 e. The number of hydrogen-bond acceptors (Lipinski definition) is 5. The number of carbonyl (C=O) groups is 4. The van der Waals surface area contributed by atoms with Crippen LogP contribution in [0.5, 0.6) is 0 Å². The molecule has 1 aromatic carbocycles. The van der Waals surface area contributed by atoms with Crippen molar-refractivity contribution in [3.63, 3.8) is 0 Å². The van der Waals surface area contributed by atoms with Crippen molar-refractivity contribution in [2.45, 2.75) is 58.7 Å². The van der Waals surface area contributed by atoms with Crippen LogP contribution in [0.15, 0.2) is 30.3 Å². The van der Waals surface area contributed by atoms with Crippen molar-refractivity contribution >= 4 is 23.7 Å². The van der Waals surface area contributed by atoms with Crippen molar-refractivity contribution < 1.29 is 24.3 Å². The lowest BCUT2D eigenvalue weighted by Gasteiger charge is -2.26. The van der Waals surface area contributed by atoms with Gasteiger partial charge in [0.25, 0.3) is 0 Å². The first kappa shape index (κ1) is 26.1. The summed E-state index contributed by atoms with van der Waals surface area (Å²) in [7, 11) is 0. The molecule has 0 aliphatic rings. The third-order valence-electron chi connectivity index (χ3n) is 4.64. The number of aliphatic carboxylic acids is 1. The fourth-order valence-corrected chi connectivity index (χ4v) is 3.00. The molecule has 0 saturated carbocycles. The lowest BCUT2D eigenvalue weighted by atomic mass is 9.99. The van der Waals surface area contributed by atoms with Crippen LogP contribution in [0.25, 0.3) is 0 Å². The Morgan fingerprint density at radius 1 is 0.935 bits per heavy atom. The predicted octanol–water partition coefficient (Wildman–Crippen LogP) is 0.429. The second-order valence-electron chi connectivity index (χ2n) is 8.33. The van der Waals surface area contributed by atoms with Gasteiger partial charge in [-0.25, -0.2) is 0 Å². The molecule has 0 aromatic heterocycles. The summed E-state index contributed by atoms with van der Waals surface area (Å²) in [5, 5.41) is 16.4. The van der Waals surface area contributed by atoms with Crippen LogP contribution in [0.3, 0.4) is 0 Å². The van der Waals surface area contributed by atoms with Crippen molar-refractivity contribution in [3.8, 4) is 0 Å². The zero-order chi connectivity index (χ0) is 23.6. The summed E-state index contributed by atoms with van der Waals surface area (Å²) < 4.78 is 0. The fraction of sp³-hybridized carbons (Fsp3) is 0.545. The first-order valence-corrected chi connectivity index (χ1v) is 10.4. The molecular formula is C22H34N4O5. The van der Waals surface area contributed by atoms with Gasteiger partial charge in [-0.15, -0.1) is 0 Å². The normalized spacial score (nSPS) is 13.9. The monoisotopic (exact) mass is 434 g/mol. The highest BCUT2D eigenvalue weighted by atomic mass is 16.4. The summed E-state index contributed by atoms with van der Waals surface area (Å²) in [6.45, 7) is 6.75. The number of nitrogens with two attached hydrogens (primary N) is 1. The van der Waals surface area contributed by atoms with Gasteiger partial charge in [0.2, 0.25) is 17.7 Å². The van der Waals surface area contributed by atoms with Crippen LogP contribution in [0.1, 0.15) is 39.7 Å². The van der Waals surface area contributed by atoms with Crippen molar-refractivity contribution in [3.05, 3.63) is 35.9 Å². The van der Waals surface area contributed by atoms with Crippen molar-refractivity contribution in [1.82, 2.24) is 16.0 Å². The van der Waals surface area contributed by atoms with E-state index in [1.54, 1.807) is 13.8 Å². The topological polar surface area (TPSA) is 151 Å². The molecule has 0 saturated heterocycles. The molecule has 3 atom stereocenters. The molecule has 0 fully saturated rings. The maximum absolute atomic E-state index is 12.9. The summed E-state index contributed by atoms with van der Waals surface area (Å²) in [6, 6.07) is 6.69. The van der Waals surface area contributed by atoms with E-state index in [4.69, 9.17) is 10.8 Å². The van der Waals surface area contributed by atoms with Crippen LogP contribution >= 0.6 is 0 Å². The minimum absolute atomic E-state index is 0.0970. The van der Waals surface area contributed by atoms with Crippen molar-refractivity contribution in [2.24, 2.45) is 17.6 Å². The fourth-order valence-electron chi connectivity index (χ4n) is 3.00. The molecule has 31 heavy (non-hydrogen) atoms. The van der Waals surface area contributed by atoms with Crippen LogP contribution in [-0.4, -0.2) is 53.5 Å². The van der Waals surface area contributed by atoms with Gasteiger partial charge in [0, 0.05) is 0 Å². The van der Waals surface area contributed by atoms with Crippen LogP contribution in [0.2, 0.25) is 0 Å². The zero-order valence-electron chi connectivity index (χ0n) is 18.6. The Morgan fingerprint density at radius 3 is 2.06 bits per heavy atom. The predicted molar refractivity (Wildman–Crippen MR) is 117 cm³/mol. The van der Waals surface area contributed by atoms with E-state index in [-0.39, 0.29) is 11.8 Å². The highest BCUT2D eigenvalue weighted by Gasteiger charge is 2.30. The first-order chi connectivity index (χ1) is 14.5. The van der Waals surface area contributed by atoms with Gasteiger partial charge in [-0.3, -0.25) is 19.2 Å². The molecule has 172 valence electrons. The number of hydrogen-bond donors (Lipinski definition) is 5. The van der Waals surface area contributed by atoms with Gasteiger partial charge in [0.15, 0.2) is 0 Å². The number of amides is 3. The molecule has 0 heterocycles. The van der Waals surface area contributed by atoms with E-state index in [0.717, 1.165) is 5.56 Å². The van der Waals surface area contributed by atoms with Gasteiger partial charge < -0.3 is 26.8 Å². The third-order valence-corrected chi connectivity index (χ3v) is 4.64. The van der Waals surface area contributed by atoms with Gasteiger partial charge in [0.1, 0.15) is 18.6 Å². The standard InChI is InChI=1S/C22H34N4O5/c1-13(2)10-17(25-20(29)16(23)11-15-8-6-5-7-9-15)21(30)26-19(14(3)4)22(31)24-12-18(27)28/h5-9,13-14,16-17,19H,10-12,23H2,1-4H3,(H,24,31)(H,25,29)(H,26,30)(H,27,28). The molecular weight excluding hydrogens is 400 g/mol. The van der Waals surface area contributed by atoms with Crippen LogP contribution in [0, 0.1) is 11.8 Å². The molecule has 0 bridgehead atoms. The molecule has 3 unspecified atom stereocenters. The Balaban J connectivity index is 2.83. The molecule has 1 rings (SSSR count). The van der Waals surface area contributed by atoms with Crippen LogP contribution in [0.4, 0.5) is 0 Å². The second kappa shape index (κ2) is 12.7. The molecule has 9 heteroatoms. The SMILES string of the molecule is CC(C)CC(NC(=O)C(N)Cc1ccccc1)C(=O)NC(C(=O)NCC(=O)O)C(C)C. The molecule has 9 nitrogen and oxygen atoms in total. The minimum Gasteiger partial charge on any atom is -0.480 e. The highest BCUT2D eigenvalue weighted by molar-refractivity contribution is 5.93. The Labute approximate surface area is 183 Å². The van der Waals surface area contributed by atoms with Gasteiger partial charge >= 0.3 is 5.97 Å². The van der Waals surface area contributed by atoms with E-state index >= 15 is 0 Å². The molecule has 0 radical (unpaired) electrons. The number of nitrogens with one attached hydrogen (secondary N) is 3. The zero-order valence-corrected chi connectivity index (χ0v) is 18.6. The van der Waals surface area contributed by atoms with Gasteiger partial charge in [-0.1, -0.05) is 58.0 Å². The molecule has 0 aliphatic heterocycles. The Bertz CT molecular complexity index is 752. The van der Waals surface area contributed by atoms with E-state index in [0.29, 0.717) is 12.8 Å². The number of carboxylic acids is 1. The van der Waals surface area contributed by atoms with Crippen molar-refractivity contribution in [2.75, 3.05) is 6.54 Å². The summed E-state index contributed by atoms with van der Waals surface area (Å²) >= 11 is 0. The molecule has 3 amide bonds. The number of carboxylic acid groups (broad SMARTS) is 1. The number of benzene rings is 1. The number of carbonyl (C=O) groups excluding carboxylic acids is 3. The maximum atomic E-state index is 12.9. The van der Waals surface area contributed by atoms with Crippen LogP contribution in [-0.2, 0) is 25.6 Å². The third kappa shape index (κ3) is 9.61. The molecule has 0 aliphatic carbocycles. The quantitative estimate of drug-likeness (QED) is 0.322. The average molecular weight is 435 g/mol. The second-order valence-corrected chi connectivity index (χ2v) is 8.33. The first-order valence-electron chi connectivity index (χ1n) is 10.4. The summed E-state index contributed by atoms with van der Waals surface area (Å²) in [6.07, 6.45) is 0.687. The van der Waals surface area contributed by atoms with E-state index in [9.17, 15) is 19.2 Å². The maximum Gasteiger partial charge on any atom is 0.322 e. The van der Waals surface area contributed by atoms with E-state index in [1.165, 1.54) is 0 Å². The van der Waals surface area contributed by atoms with E-state index < -0.39 is 48.4 Å².